The Labute approximate surface area is 341 Å². The quantitative estimate of drug-likeness (QED) is 0.173. The molecule has 0 N–H and O–H groups in total. The molecule has 9 aromatic carbocycles. The highest BCUT2D eigenvalue weighted by atomic mass is 32.1. The van der Waals surface area contributed by atoms with E-state index < -0.39 is 0 Å². The lowest BCUT2D eigenvalue weighted by atomic mass is 9.81. The van der Waals surface area contributed by atoms with Crippen LogP contribution in [-0.2, 0) is 5.41 Å². The lowest BCUT2D eigenvalue weighted by molar-refractivity contribution is 0.487. The minimum atomic E-state index is -0.177. The number of hydrogen-bond donors (Lipinski definition) is 0. The summed E-state index contributed by atoms with van der Waals surface area (Å²) in [6.07, 6.45) is 0. The zero-order valence-corrected chi connectivity index (χ0v) is 33.0. The monoisotopic (exact) mass is 759 g/mol. The molecule has 2 nitrogen and oxygen atoms in total. The first kappa shape index (κ1) is 33.2. The van der Waals surface area contributed by atoms with E-state index in [0.717, 1.165) is 33.9 Å². The Morgan fingerprint density at radius 1 is 0.448 bits per heavy atom. The maximum absolute atomic E-state index is 6.73. The normalized spacial score (nSPS) is 13.3. The molecule has 2 aliphatic rings. The van der Waals surface area contributed by atoms with Gasteiger partial charge < -0.3 is 9.64 Å². The smallest absolute Gasteiger partial charge is 0.135 e. The molecule has 0 saturated heterocycles. The fraction of sp³-hybridized carbons (Fsp3) is 0.0545. The molecular formula is C55H37NOS. The number of nitrogens with zero attached hydrogens (tertiary/aromatic N) is 1. The second-order valence-electron chi connectivity index (χ2n) is 16.0. The highest BCUT2D eigenvalue weighted by molar-refractivity contribution is 7.26. The topological polar surface area (TPSA) is 12.5 Å². The van der Waals surface area contributed by atoms with Crippen LogP contribution in [0.5, 0.6) is 11.5 Å². The second kappa shape index (κ2) is 12.5. The van der Waals surface area contributed by atoms with Crippen LogP contribution in [-0.4, -0.2) is 0 Å². The van der Waals surface area contributed by atoms with Gasteiger partial charge in [0.05, 0.1) is 16.1 Å². The van der Waals surface area contributed by atoms with Gasteiger partial charge in [0.25, 0.3) is 0 Å². The van der Waals surface area contributed by atoms with Gasteiger partial charge in [0.2, 0.25) is 0 Å². The minimum Gasteiger partial charge on any atom is -0.456 e. The molecule has 0 atom stereocenters. The number of fused-ring (bicyclic) bond motifs is 8. The first-order valence-electron chi connectivity index (χ1n) is 20.0. The van der Waals surface area contributed by atoms with Crippen LogP contribution in [0.1, 0.15) is 25.0 Å². The predicted molar refractivity (Wildman–Crippen MR) is 245 cm³/mol. The highest BCUT2D eigenvalue weighted by Crippen LogP contribution is 2.56. The van der Waals surface area contributed by atoms with E-state index in [1.807, 2.05) is 11.3 Å². The molecule has 1 aromatic heterocycles. The molecule has 0 saturated carbocycles. The van der Waals surface area contributed by atoms with Gasteiger partial charge >= 0.3 is 0 Å². The number of anilines is 3. The molecular weight excluding hydrogens is 723 g/mol. The fourth-order valence-corrected chi connectivity index (χ4v) is 11.0. The van der Waals surface area contributed by atoms with Gasteiger partial charge in [0, 0.05) is 37.5 Å². The van der Waals surface area contributed by atoms with E-state index in [-0.39, 0.29) is 5.41 Å². The van der Waals surface area contributed by atoms with Crippen molar-refractivity contribution >= 4 is 59.3 Å². The molecule has 0 spiro atoms. The number of thiophene rings is 1. The molecule has 3 heteroatoms. The van der Waals surface area contributed by atoms with Crippen molar-refractivity contribution in [1.82, 2.24) is 0 Å². The first-order chi connectivity index (χ1) is 28.5. The molecule has 12 rings (SSSR count). The molecule has 0 radical (unpaired) electrons. The van der Waals surface area contributed by atoms with Gasteiger partial charge in [-0.05, 0) is 104 Å². The van der Waals surface area contributed by atoms with E-state index in [2.05, 4.69) is 207 Å². The first-order valence-corrected chi connectivity index (χ1v) is 20.8. The summed E-state index contributed by atoms with van der Waals surface area (Å²) in [5.41, 5.74) is 15.7. The Kier molecular flexibility index (Phi) is 7.18. The number of benzene rings is 9. The van der Waals surface area contributed by atoms with Crippen LogP contribution in [0, 0.1) is 0 Å². The molecule has 10 aromatic rings. The summed E-state index contributed by atoms with van der Waals surface area (Å²) in [5, 5.41) is 4.97. The van der Waals surface area contributed by atoms with Crippen LogP contribution in [0.25, 0.3) is 75.5 Å². The second-order valence-corrected chi connectivity index (χ2v) is 17.1. The van der Waals surface area contributed by atoms with Crippen molar-refractivity contribution in [3.05, 3.63) is 199 Å². The Balaban J connectivity index is 0.983. The zero-order valence-electron chi connectivity index (χ0n) is 32.2. The summed E-state index contributed by atoms with van der Waals surface area (Å²) in [5.74, 6) is 1.78. The van der Waals surface area contributed by atoms with E-state index in [1.54, 1.807) is 0 Å². The Morgan fingerprint density at radius 3 is 2.02 bits per heavy atom. The summed E-state index contributed by atoms with van der Waals surface area (Å²) in [7, 11) is 0. The van der Waals surface area contributed by atoms with Gasteiger partial charge in [-0.15, -0.1) is 11.3 Å². The van der Waals surface area contributed by atoms with Crippen LogP contribution in [0.4, 0.5) is 17.1 Å². The summed E-state index contributed by atoms with van der Waals surface area (Å²) in [6, 6.07) is 68.6. The summed E-state index contributed by atoms with van der Waals surface area (Å²) in [4.78, 5) is 2.51. The van der Waals surface area contributed by atoms with E-state index in [9.17, 15) is 0 Å². The maximum atomic E-state index is 6.73. The largest absolute Gasteiger partial charge is 0.456 e. The third-order valence-corrected chi connectivity index (χ3v) is 13.7. The molecule has 1 aliphatic carbocycles. The molecule has 58 heavy (non-hydrogen) atoms. The van der Waals surface area contributed by atoms with Crippen molar-refractivity contribution < 1.29 is 4.74 Å². The molecule has 0 fully saturated rings. The third kappa shape index (κ3) is 4.84. The van der Waals surface area contributed by atoms with Gasteiger partial charge in [-0.2, -0.15) is 0 Å². The Morgan fingerprint density at radius 2 is 1.12 bits per heavy atom. The van der Waals surface area contributed by atoms with E-state index in [0.29, 0.717) is 0 Å². The van der Waals surface area contributed by atoms with Crippen LogP contribution in [0.2, 0.25) is 0 Å². The number of ether oxygens (including phenoxy) is 1. The molecule has 2 heterocycles. The highest BCUT2D eigenvalue weighted by Gasteiger charge is 2.39. The van der Waals surface area contributed by atoms with Crippen molar-refractivity contribution in [1.29, 1.82) is 0 Å². The third-order valence-electron chi connectivity index (χ3n) is 12.5. The van der Waals surface area contributed by atoms with Crippen LogP contribution in [0.3, 0.4) is 0 Å². The molecule has 0 unspecified atom stereocenters. The molecule has 0 bridgehead atoms. The van der Waals surface area contributed by atoms with E-state index in [4.69, 9.17) is 4.74 Å². The van der Waals surface area contributed by atoms with Gasteiger partial charge in [0.1, 0.15) is 11.5 Å². The summed E-state index contributed by atoms with van der Waals surface area (Å²) >= 11 is 1.88. The average molecular weight is 760 g/mol. The Bertz CT molecular complexity index is 3280. The lowest BCUT2D eigenvalue weighted by Crippen LogP contribution is -2.20. The van der Waals surface area contributed by atoms with Gasteiger partial charge in [-0.3, -0.25) is 0 Å². The van der Waals surface area contributed by atoms with Crippen molar-refractivity contribution in [2.75, 3.05) is 4.90 Å². The van der Waals surface area contributed by atoms with Crippen LogP contribution < -0.4 is 9.64 Å². The van der Waals surface area contributed by atoms with Crippen LogP contribution in [0.15, 0.2) is 188 Å². The number of rotatable bonds is 5. The zero-order chi connectivity index (χ0) is 38.5. The van der Waals surface area contributed by atoms with E-state index >= 15 is 0 Å². The lowest BCUT2D eigenvalue weighted by Gasteiger charge is -2.32. The molecule has 274 valence electrons. The van der Waals surface area contributed by atoms with Crippen molar-refractivity contribution in [3.63, 3.8) is 0 Å². The summed E-state index contributed by atoms with van der Waals surface area (Å²) < 4.78 is 9.32. The van der Waals surface area contributed by atoms with Gasteiger partial charge in [-0.25, -0.2) is 0 Å². The molecule has 0 amide bonds. The Hall–Kier alpha value is -6.94. The van der Waals surface area contributed by atoms with Crippen molar-refractivity contribution in [2.45, 2.75) is 19.3 Å². The maximum Gasteiger partial charge on any atom is 0.135 e. The minimum absolute atomic E-state index is 0.177. The van der Waals surface area contributed by atoms with Crippen molar-refractivity contribution in [2.24, 2.45) is 0 Å². The summed E-state index contributed by atoms with van der Waals surface area (Å²) in [6.45, 7) is 4.75. The van der Waals surface area contributed by atoms with Crippen LogP contribution >= 0.6 is 11.3 Å². The SMILES string of the molecule is CC1(C)c2ccccc2-c2cccc(N(c3ccc(-c4ccc5c(c4)Oc4ccc(-c6ccccc6)c6cccc-5c46)cc3)c3cccc4c3sc3ccccc34)c21. The van der Waals surface area contributed by atoms with E-state index in [1.165, 1.54) is 81.3 Å². The molecule has 1 aliphatic heterocycles. The number of hydrogen-bond acceptors (Lipinski definition) is 3. The van der Waals surface area contributed by atoms with Crippen molar-refractivity contribution in [3.8, 4) is 56.0 Å². The van der Waals surface area contributed by atoms with Gasteiger partial charge in [0.15, 0.2) is 0 Å². The standard InChI is InChI=1S/C55H37NOS/c1-55(2)46-21-8-6-15-39(46)44-19-11-22-47(53(44)55)56(48-23-12-20-45-41-16-7-9-24-51(41)58-54(45)48)37-28-25-34(26-29-37)36-27-30-40-43-18-10-17-42-38(35-13-4-3-5-14-35)31-32-49(52(42)43)57-50(40)33-36/h3-33H,1-2H3. The fourth-order valence-electron chi connectivity index (χ4n) is 9.81. The predicted octanol–water partition coefficient (Wildman–Crippen LogP) is 16.1. The van der Waals surface area contributed by atoms with Gasteiger partial charge in [-0.1, -0.05) is 153 Å². The average Bonchev–Trinajstić information content (AvgIpc) is 3.77.